The van der Waals surface area contributed by atoms with Gasteiger partial charge in [-0.3, -0.25) is 0 Å². The van der Waals surface area contributed by atoms with Crippen LogP contribution in [0.25, 0.3) is 0 Å². The molecule has 1 unspecified atom stereocenters. The predicted molar refractivity (Wildman–Crippen MR) is 124 cm³/mol. The van der Waals surface area contributed by atoms with Crippen molar-refractivity contribution in [1.82, 2.24) is 15.0 Å². The maximum atomic E-state index is 13.9. The zero-order valence-electron chi connectivity index (χ0n) is 17.9. The summed E-state index contributed by atoms with van der Waals surface area (Å²) >= 11 is 12.4. The van der Waals surface area contributed by atoms with Crippen LogP contribution in [0.2, 0.25) is 10.0 Å². The topological polar surface area (TPSA) is 71.2 Å². The minimum Gasteiger partial charge on any atom is -0.383 e. The van der Waals surface area contributed by atoms with Gasteiger partial charge in [-0.25, -0.2) is 9.97 Å². The molecule has 3 aromatic rings. The molecule has 0 spiro atoms. The van der Waals surface area contributed by atoms with Crippen LogP contribution in [0.4, 0.5) is 30.8 Å². The van der Waals surface area contributed by atoms with E-state index < -0.39 is 17.8 Å². The van der Waals surface area contributed by atoms with Gasteiger partial charge >= 0.3 is 6.18 Å². The first kappa shape index (κ1) is 23.4. The highest BCUT2D eigenvalue weighted by molar-refractivity contribution is 6.42. The number of hydrogen-bond acceptors (Lipinski definition) is 6. The highest BCUT2D eigenvalue weighted by Crippen LogP contribution is 2.41. The average Bonchev–Trinajstić information content (AvgIpc) is 2.95. The third kappa shape index (κ3) is 4.65. The number of hydrogen-bond donors (Lipinski definition) is 1. The largest absolute Gasteiger partial charge is 0.419 e. The number of rotatable bonds is 3. The molecule has 0 saturated carbocycles. The molecule has 2 aromatic heterocycles. The lowest BCUT2D eigenvalue weighted by atomic mass is 9.99. The van der Waals surface area contributed by atoms with E-state index in [9.17, 15) is 13.2 Å². The highest BCUT2D eigenvalue weighted by atomic mass is 35.5. The summed E-state index contributed by atoms with van der Waals surface area (Å²) in [7, 11) is 3.59. The fraction of sp³-hybridized carbons (Fsp3) is 0.318. The van der Waals surface area contributed by atoms with Crippen LogP contribution in [-0.4, -0.2) is 35.6 Å². The lowest BCUT2D eigenvalue weighted by molar-refractivity contribution is -0.137. The Morgan fingerprint density at radius 2 is 1.88 bits per heavy atom. The van der Waals surface area contributed by atoms with Gasteiger partial charge in [-0.15, -0.1) is 0 Å². The van der Waals surface area contributed by atoms with Gasteiger partial charge in [0.15, 0.2) is 0 Å². The van der Waals surface area contributed by atoms with E-state index in [4.69, 9.17) is 28.9 Å². The van der Waals surface area contributed by atoms with Crippen LogP contribution in [0.5, 0.6) is 0 Å². The van der Waals surface area contributed by atoms with Crippen molar-refractivity contribution in [2.75, 3.05) is 36.2 Å². The van der Waals surface area contributed by atoms with E-state index in [1.165, 1.54) is 12.3 Å². The number of pyridine rings is 1. The molecule has 0 saturated heterocycles. The van der Waals surface area contributed by atoms with Gasteiger partial charge in [0.05, 0.1) is 27.3 Å². The fourth-order valence-electron chi connectivity index (χ4n) is 3.98. The maximum Gasteiger partial charge on any atom is 0.419 e. The Kier molecular flexibility index (Phi) is 6.28. The summed E-state index contributed by atoms with van der Waals surface area (Å²) < 4.78 is 41.6. The molecule has 33 heavy (non-hydrogen) atoms. The van der Waals surface area contributed by atoms with Gasteiger partial charge < -0.3 is 15.5 Å². The number of nitrogens with zero attached hydrogens (tertiary/aromatic N) is 5. The normalized spacial score (nSPS) is 16.3. The van der Waals surface area contributed by atoms with Crippen molar-refractivity contribution in [1.29, 1.82) is 0 Å². The van der Waals surface area contributed by atoms with Crippen LogP contribution < -0.4 is 15.5 Å². The smallest absolute Gasteiger partial charge is 0.383 e. The first-order valence-corrected chi connectivity index (χ1v) is 10.9. The molecule has 174 valence electrons. The summed E-state index contributed by atoms with van der Waals surface area (Å²) in [5.41, 5.74) is 7.51. The van der Waals surface area contributed by atoms with Crippen LogP contribution in [0, 0.1) is 0 Å². The zero-order valence-corrected chi connectivity index (χ0v) is 19.4. The van der Waals surface area contributed by atoms with E-state index in [2.05, 4.69) is 15.0 Å². The second-order valence-corrected chi connectivity index (χ2v) is 8.75. The van der Waals surface area contributed by atoms with E-state index in [0.29, 0.717) is 39.5 Å². The number of benzene rings is 1. The molecule has 0 bridgehead atoms. The Bertz CT molecular complexity index is 1190. The van der Waals surface area contributed by atoms with E-state index >= 15 is 0 Å². The highest BCUT2D eigenvalue weighted by Gasteiger charge is 2.38. The van der Waals surface area contributed by atoms with E-state index in [-0.39, 0.29) is 18.8 Å². The summed E-state index contributed by atoms with van der Waals surface area (Å²) in [5, 5.41) is 0.670. The van der Waals surface area contributed by atoms with Gasteiger partial charge in [-0.2, -0.15) is 18.2 Å². The molecule has 0 amide bonds. The minimum atomic E-state index is -4.57. The Morgan fingerprint density at radius 1 is 1.12 bits per heavy atom. The number of anilines is 3. The van der Waals surface area contributed by atoms with E-state index in [1.54, 1.807) is 42.1 Å². The first-order valence-electron chi connectivity index (χ1n) is 10.1. The minimum absolute atomic E-state index is 0.159. The molecule has 0 fully saturated rings. The number of nitrogen functional groups attached to an aromatic ring is 1. The SMILES string of the molecule is CN(C)c1nc(N)c2c(n1)CC(c1ccc(Cl)c(Cl)c1)N(c1ncccc1C(F)(F)F)CC2. The van der Waals surface area contributed by atoms with Crippen molar-refractivity contribution in [3.05, 3.63) is 69.0 Å². The zero-order chi connectivity index (χ0) is 23.9. The second-order valence-electron chi connectivity index (χ2n) is 7.94. The van der Waals surface area contributed by atoms with Gasteiger partial charge in [0, 0.05) is 38.8 Å². The molecule has 4 rings (SSSR count). The summed E-state index contributed by atoms with van der Waals surface area (Å²) in [6, 6.07) is 6.82. The molecule has 2 N–H and O–H groups in total. The second kappa shape index (κ2) is 8.87. The van der Waals surface area contributed by atoms with Crippen molar-refractivity contribution in [3.8, 4) is 0 Å². The van der Waals surface area contributed by atoms with E-state index in [1.807, 2.05) is 0 Å². The summed E-state index contributed by atoms with van der Waals surface area (Å²) in [6.45, 7) is 0.229. The molecule has 1 atom stereocenters. The molecule has 6 nitrogen and oxygen atoms in total. The standard InChI is InChI=1S/C22H21Cl2F3N6/c1-32(2)21-30-17-11-18(12-5-6-15(23)16(24)10-12)33(9-7-13(17)19(28)31-21)20-14(22(25,26)27)4-3-8-29-20/h3-6,8,10,18H,7,9,11H2,1-2H3,(H2,28,30,31). The number of aromatic nitrogens is 3. The van der Waals surface area contributed by atoms with Gasteiger partial charge in [-0.1, -0.05) is 29.3 Å². The predicted octanol–water partition coefficient (Wildman–Crippen LogP) is 5.19. The Hall–Kier alpha value is -2.78. The maximum absolute atomic E-state index is 13.9. The van der Waals surface area contributed by atoms with Crippen molar-refractivity contribution in [2.45, 2.75) is 25.1 Å². The van der Waals surface area contributed by atoms with Gasteiger partial charge in [-0.05, 0) is 36.2 Å². The molecule has 0 aliphatic carbocycles. The molecule has 1 aliphatic heterocycles. The Morgan fingerprint density at radius 3 is 2.55 bits per heavy atom. The van der Waals surface area contributed by atoms with Crippen molar-refractivity contribution in [3.63, 3.8) is 0 Å². The number of fused-ring (bicyclic) bond motifs is 1. The van der Waals surface area contributed by atoms with E-state index in [0.717, 1.165) is 11.6 Å². The van der Waals surface area contributed by atoms with Gasteiger partial charge in [0.25, 0.3) is 0 Å². The number of alkyl halides is 3. The summed E-state index contributed by atoms with van der Waals surface area (Å²) in [4.78, 5) is 16.5. The number of nitrogens with two attached hydrogens (primary N) is 1. The van der Waals surface area contributed by atoms with Crippen molar-refractivity contribution >= 4 is 40.8 Å². The van der Waals surface area contributed by atoms with Crippen molar-refractivity contribution < 1.29 is 13.2 Å². The Balaban J connectivity index is 1.89. The Labute approximate surface area is 199 Å². The third-order valence-corrected chi connectivity index (χ3v) is 6.31. The lowest BCUT2D eigenvalue weighted by Crippen LogP contribution is -2.33. The van der Waals surface area contributed by atoms with Gasteiger partial charge in [0.2, 0.25) is 5.95 Å². The van der Waals surface area contributed by atoms with Crippen LogP contribution in [-0.2, 0) is 19.0 Å². The monoisotopic (exact) mass is 496 g/mol. The quantitative estimate of drug-likeness (QED) is 0.537. The molecular weight excluding hydrogens is 476 g/mol. The van der Waals surface area contributed by atoms with Crippen LogP contribution in [0.15, 0.2) is 36.5 Å². The first-order chi connectivity index (χ1) is 15.6. The molecular formula is C22H21Cl2F3N6. The molecule has 0 radical (unpaired) electrons. The average molecular weight is 497 g/mol. The summed E-state index contributed by atoms with van der Waals surface area (Å²) in [6.07, 6.45) is -2.57. The lowest BCUT2D eigenvalue weighted by Gasteiger charge is -2.33. The molecule has 1 aromatic carbocycles. The van der Waals surface area contributed by atoms with Crippen LogP contribution >= 0.6 is 23.2 Å². The molecule has 1 aliphatic rings. The molecule has 11 heteroatoms. The number of halogens is 5. The third-order valence-electron chi connectivity index (χ3n) is 5.57. The van der Waals surface area contributed by atoms with Crippen LogP contribution in [0.3, 0.4) is 0 Å². The fourth-order valence-corrected chi connectivity index (χ4v) is 4.28. The molecule has 3 heterocycles. The van der Waals surface area contributed by atoms with Crippen molar-refractivity contribution in [2.24, 2.45) is 0 Å². The van der Waals surface area contributed by atoms with Crippen LogP contribution in [0.1, 0.15) is 28.4 Å². The van der Waals surface area contributed by atoms with Gasteiger partial charge in [0.1, 0.15) is 11.6 Å². The summed E-state index contributed by atoms with van der Waals surface area (Å²) in [5.74, 6) is 0.588.